The van der Waals surface area contributed by atoms with Crippen molar-refractivity contribution in [3.8, 4) is 0 Å². The molecule has 0 unspecified atom stereocenters. The van der Waals surface area contributed by atoms with Gasteiger partial charge in [0.1, 0.15) is 5.82 Å². The van der Waals surface area contributed by atoms with E-state index in [1.165, 1.54) is 23.3 Å². The van der Waals surface area contributed by atoms with Crippen LogP contribution in [0.1, 0.15) is 17.5 Å². The van der Waals surface area contributed by atoms with Crippen LogP contribution in [0.5, 0.6) is 0 Å². The molecule has 0 spiro atoms. The SMILES string of the molecule is Cc1cccc(CNCCC(=O)Nc2cccc(F)c2)c1. The molecule has 2 aromatic rings. The molecule has 0 radical (unpaired) electrons. The first-order valence-corrected chi connectivity index (χ1v) is 6.95. The lowest BCUT2D eigenvalue weighted by molar-refractivity contribution is -0.116. The maximum Gasteiger partial charge on any atom is 0.225 e. The number of carbonyl (C=O) groups is 1. The lowest BCUT2D eigenvalue weighted by Crippen LogP contribution is -2.21. The summed E-state index contributed by atoms with van der Waals surface area (Å²) < 4.78 is 13.0. The van der Waals surface area contributed by atoms with Crippen LogP contribution in [0.2, 0.25) is 0 Å². The molecule has 0 aliphatic heterocycles. The van der Waals surface area contributed by atoms with Crippen LogP contribution in [0.25, 0.3) is 0 Å². The second kappa shape index (κ2) is 7.55. The zero-order valence-corrected chi connectivity index (χ0v) is 12.0. The minimum Gasteiger partial charge on any atom is -0.326 e. The molecule has 4 heteroatoms. The zero-order valence-electron chi connectivity index (χ0n) is 12.0. The van der Waals surface area contributed by atoms with Crippen LogP contribution in [0, 0.1) is 12.7 Å². The van der Waals surface area contributed by atoms with Crippen LogP contribution in [-0.2, 0) is 11.3 Å². The molecule has 0 aliphatic carbocycles. The Morgan fingerprint density at radius 1 is 1.14 bits per heavy atom. The van der Waals surface area contributed by atoms with Gasteiger partial charge in [-0.25, -0.2) is 4.39 Å². The highest BCUT2D eigenvalue weighted by Crippen LogP contribution is 2.09. The molecule has 0 saturated heterocycles. The maximum absolute atomic E-state index is 13.0. The third kappa shape index (κ3) is 5.36. The van der Waals surface area contributed by atoms with E-state index in [9.17, 15) is 9.18 Å². The molecule has 0 atom stereocenters. The summed E-state index contributed by atoms with van der Waals surface area (Å²) in [6, 6.07) is 14.1. The highest BCUT2D eigenvalue weighted by Gasteiger charge is 2.03. The van der Waals surface area contributed by atoms with Crippen molar-refractivity contribution in [2.75, 3.05) is 11.9 Å². The van der Waals surface area contributed by atoms with Crippen LogP contribution in [0.3, 0.4) is 0 Å². The average Bonchev–Trinajstić information content (AvgIpc) is 2.44. The Bertz CT molecular complexity index is 613. The first-order chi connectivity index (χ1) is 10.1. The molecule has 0 saturated carbocycles. The Morgan fingerprint density at radius 3 is 2.71 bits per heavy atom. The predicted octanol–water partition coefficient (Wildman–Crippen LogP) is 3.25. The van der Waals surface area contributed by atoms with Crippen molar-refractivity contribution in [2.24, 2.45) is 0 Å². The maximum atomic E-state index is 13.0. The van der Waals surface area contributed by atoms with Crippen molar-refractivity contribution < 1.29 is 9.18 Å². The Kier molecular flexibility index (Phi) is 5.46. The molecule has 21 heavy (non-hydrogen) atoms. The van der Waals surface area contributed by atoms with E-state index in [1.807, 2.05) is 12.1 Å². The van der Waals surface area contributed by atoms with Crippen molar-refractivity contribution in [3.05, 3.63) is 65.5 Å². The van der Waals surface area contributed by atoms with Crippen LogP contribution in [-0.4, -0.2) is 12.5 Å². The lowest BCUT2D eigenvalue weighted by atomic mass is 10.1. The van der Waals surface area contributed by atoms with E-state index >= 15 is 0 Å². The van der Waals surface area contributed by atoms with E-state index in [1.54, 1.807) is 12.1 Å². The van der Waals surface area contributed by atoms with Crippen LogP contribution < -0.4 is 10.6 Å². The number of halogens is 1. The standard InChI is InChI=1S/C17H19FN2O/c1-13-4-2-5-14(10-13)12-19-9-8-17(21)20-16-7-3-6-15(18)11-16/h2-7,10-11,19H,8-9,12H2,1H3,(H,20,21). The fraction of sp³-hybridized carbons (Fsp3) is 0.235. The number of hydrogen-bond donors (Lipinski definition) is 2. The van der Waals surface area contributed by atoms with Gasteiger partial charge in [-0.05, 0) is 30.7 Å². The van der Waals surface area contributed by atoms with E-state index in [-0.39, 0.29) is 11.7 Å². The molecule has 110 valence electrons. The van der Waals surface area contributed by atoms with Gasteiger partial charge in [0.25, 0.3) is 0 Å². The molecule has 0 aliphatic rings. The van der Waals surface area contributed by atoms with Crippen molar-refractivity contribution >= 4 is 11.6 Å². The molecule has 1 amide bonds. The van der Waals surface area contributed by atoms with Crippen molar-refractivity contribution in [2.45, 2.75) is 19.9 Å². The average molecular weight is 286 g/mol. The molecule has 0 heterocycles. The summed E-state index contributed by atoms with van der Waals surface area (Å²) in [6.45, 7) is 3.36. The number of rotatable bonds is 6. The molecular formula is C17H19FN2O. The Labute approximate surface area is 124 Å². The van der Waals surface area contributed by atoms with Gasteiger partial charge >= 0.3 is 0 Å². The van der Waals surface area contributed by atoms with Crippen molar-refractivity contribution in [1.29, 1.82) is 0 Å². The van der Waals surface area contributed by atoms with Gasteiger partial charge in [0.15, 0.2) is 0 Å². The van der Waals surface area contributed by atoms with Crippen LogP contribution >= 0.6 is 0 Å². The third-order valence-corrected chi connectivity index (χ3v) is 3.05. The van der Waals surface area contributed by atoms with E-state index in [2.05, 4.69) is 29.7 Å². The summed E-state index contributed by atoms with van der Waals surface area (Å²) in [5, 5.41) is 5.89. The van der Waals surface area contributed by atoms with Gasteiger partial charge in [-0.1, -0.05) is 35.9 Å². The van der Waals surface area contributed by atoms with Crippen LogP contribution in [0.4, 0.5) is 10.1 Å². The van der Waals surface area contributed by atoms with Crippen molar-refractivity contribution in [3.63, 3.8) is 0 Å². The Hall–Kier alpha value is -2.20. The summed E-state index contributed by atoms with van der Waals surface area (Å²) in [5.74, 6) is -0.484. The van der Waals surface area contributed by atoms with Gasteiger partial charge in [0, 0.05) is 25.2 Å². The second-order valence-electron chi connectivity index (χ2n) is 4.97. The van der Waals surface area contributed by atoms with Gasteiger partial charge in [0.2, 0.25) is 5.91 Å². The molecule has 3 nitrogen and oxygen atoms in total. The minimum atomic E-state index is -0.356. The first kappa shape index (κ1) is 15.2. The normalized spacial score (nSPS) is 10.4. The number of carbonyl (C=O) groups excluding carboxylic acids is 1. The number of hydrogen-bond acceptors (Lipinski definition) is 2. The monoisotopic (exact) mass is 286 g/mol. The highest BCUT2D eigenvalue weighted by molar-refractivity contribution is 5.90. The summed E-state index contributed by atoms with van der Waals surface area (Å²) >= 11 is 0. The largest absolute Gasteiger partial charge is 0.326 e. The van der Waals surface area contributed by atoms with E-state index in [0.29, 0.717) is 18.7 Å². The van der Waals surface area contributed by atoms with E-state index in [0.717, 1.165) is 6.54 Å². The smallest absolute Gasteiger partial charge is 0.225 e. The number of anilines is 1. The lowest BCUT2D eigenvalue weighted by Gasteiger charge is -2.07. The van der Waals surface area contributed by atoms with Gasteiger partial charge in [-0.2, -0.15) is 0 Å². The molecule has 0 fully saturated rings. The fourth-order valence-electron chi connectivity index (χ4n) is 2.05. The number of amides is 1. The fourth-order valence-corrected chi connectivity index (χ4v) is 2.05. The van der Waals surface area contributed by atoms with Gasteiger partial charge < -0.3 is 10.6 Å². The molecule has 2 rings (SSSR count). The molecule has 0 aromatic heterocycles. The van der Waals surface area contributed by atoms with E-state index < -0.39 is 0 Å². The van der Waals surface area contributed by atoms with Gasteiger partial charge in [0.05, 0.1) is 0 Å². The highest BCUT2D eigenvalue weighted by atomic mass is 19.1. The second-order valence-corrected chi connectivity index (χ2v) is 4.97. The summed E-state index contributed by atoms with van der Waals surface area (Å²) in [6.07, 6.45) is 0.350. The van der Waals surface area contributed by atoms with Crippen molar-refractivity contribution in [1.82, 2.24) is 5.32 Å². The van der Waals surface area contributed by atoms with E-state index in [4.69, 9.17) is 0 Å². The number of aryl methyl sites for hydroxylation is 1. The number of nitrogens with one attached hydrogen (secondary N) is 2. The number of benzene rings is 2. The summed E-state index contributed by atoms with van der Waals surface area (Å²) in [5.41, 5.74) is 2.90. The Morgan fingerprint density at radius 2 is 1.95 bits per heavy atom. The molecule has 2 aromatic carbocycles. The minimum absolute atomic E-state index is 0.127. The molecular weight excluding hydrogens is 267 g/mol. The summed E-state index contributed by atoms with van der Waals surface area (Å²) in [4.78, 5) is 11.7. The summed E-state index contributed by atoms with van der Waals surface area (Å²) in [7, 11) is 0. The van der Waals surface area contributed by atoms with Crippen LogP contribution in [0.15, 0.2) is 48.5 Å². The molecule has 0 bridgehead atoms. The third-order valence-electron chi connectivity index (χ3n) is 3.05. The first-order valence-electron chi connectivity index (χ1n) is 6.95. The topological polar surface area (TPSA) is 41.1 Å². The Balaban J connectivity index is 1.70. The predicted molar refractivity (Wildman–Crippen MR) is 82.5 cm³/mol. The van der Waals surface area contributed by atoms with Gasteiger partial charge in [-0.3, -0.25) is 4.79 Å². The zero-order chi connectivity index (χ0) is 15.1. The quantitative estimate of drug-likeness (QED) is 0.800. The van der Waals surface area contributed by atoms with Gasteiger partial charge in [-0.15, -0.1) is 0 Å². The molecule has 2 N–H and O–H groups in total.